The lowest BCUT2D eigenvalue weighted by Gasteiger charge is -2.12. The average Bonchev–Trinajstić information content (AvgIpc) is 2.34. The fourth-order valence-electron chi connectivity index (χ4n) is 1.97. The first-order valence-electron chi connectivity index (χ1n) is 5.86. The van der Waals surface area contributed by atoms with Gasteiger partial charge in [0.15, 0.2) is 11.5 Å². The Hall–Kier alpha value is -2.16. The second-order valence-corrected chi connectivity index (χ2v) is 4.52. The summed E-state index contributed by atoms with van der Waals surface area (Å²) in [7, 11) is 0. The van der Waals surface area contributed by atoms with Crippen LogP contribution in [0, 0.1) is 0 Å². The van der Waals surface area contributed by atoms with Crippen LogP contribution in [0.25, 0.3) is 0 Å². The molecule has 94 valence electrons. The Labute approximate surface area is 106 Å². The van der Waals surface area contributed by atoms with Gasteiger partial charge in [-0.15, -0.1) is 0 Å². The first kappa shape index (κ1) is 12.3. The number of hydrogen-bond donors (Lipinski definition) is 3. The van der Waals surface area contributed by atoms with Crippen molar-refractivity contribution in [2.45, 2.75) is 19.3 Å². The van der Waals surface area contributed by atoms with Crippen LogP contribution in [-0.2, 0) is 6.42 Å². The number of phenolic OH excluding ortho intramolecular Hbond substituents is 3. The molecule has 0 saturated heterocycles. The smallest absolute Gasteiger partial charge is 0.157 e. The van der Waals surface area contributed by atoms with E-state index in [0.717, 1.165) is 17.5 Å². The lowest BCUT2D eigenvalue weighted by atomic mass is 9.93. The SMILES string of the molecule is CC(Cc1ccc(O)c(O)c1)c1ccc(O)cc1. The van der Waals surface area contributed by atoms with Crippen molar-refractivity contribution >= 4 is 0 Å². The molecular weight excluding hydrogens is 228 g/mol. The first-order valence-corrected chi connectivity index (χ1v) is 5.86. The molecule has 1 unspecified atom stereocenters. The average molecular weight is 244 g/mol. The molecular formula is C15H16O3. The predicted molar refractivity (Wildman–Crippen MR) is 70.0 cm³/mol. The molecule has 0 spiro atoms. The molecule has 1 atom stereocenters. The molecule has 0 bridgehead atoms. The minimum atomic E-state index is -0.101. The zero-order valence-corrected chi connectivity index (χ0v) is 10.2. The molecule has 0 aliphatic heterocycles. The van der Waals surface area contributed by atoms with E-state index in [9.17, 15) is 15.3 Å². The number of benzene rings is 2. The molecule has 3 N–H and O–H groups in total. The molecule has 0 aliphatic carbocycles. The summed E-state index contributed by atoms with van der Waals surface area (Å²) in [6.45, 7) is 2.08. The summed E-state index contributed by atoms with van der Waals surface area (Å²) in [4.78, 5) is 0. The number of rotatable bonds is 3. The lowest BCUT2D eigenvalue weighted by molar-refractivity contribution is 0.403. The van der Waals surface area contributed by atoms with Gasteiger partial charge in [-0.3, -0.25) is 0 Å². The van der Waals surface area contributed by atoms with E-state index < -0.39 is 0 Å². The van der Waals surface area contributed by atoms with Crippen LogP contribution in [0.2, 0.25) is 0 Å². The van der Waals surface area contributed by atoms with Crippen LogP contribution in [0.4, 0.5) is 0 Å². The predicted octanol–water partition coefficient (Wildman–Crippen LogP) is 3.15. The van der Waals surface area contributed by atoms with Gasteiger partial charge in [0.25, 0.3) is 0 Å². The largest absolute Gasteiger partial charge is 0.508 e. The number of hydrogen-bond acceptors (Lipinski definition) is 3. The van der Waals surface area contributed by atoms with E-state index in [1.807, 2.05) is 12.1 Å². The van der Waals surface area contributed by atoms with Crippen LogP contribution in [0.15, 0.2) is 42.5 Å². The van der Waals surface area contributed by atoms with E-state index >= 15 is 0 Å². The van der Waals surface area contributed by atoms with E-state index in [1.54, 1.807) is 24.3 Å². The summed E-state index contributed by atoms with van der Waals surface area (Å²) in [5.41, 5.74) is 2.09. The number of phenols is 3. The van der Waals surface area contributed by atoms with Crippen LogP contribution in [0.1, 0.15) is 24.0 Å². The topological polar surface area (TPSA) is 60.7 Å². The zero-order valence-electron chi connectivity index (χ0n) is 10.2. The van der Waals surface area contributed by atoms with Crippen LogP contribution in [0.3, 0.4) is 0 Å². The Bertz CT molecular complexity index is 532. The monoisotopic (exact) mass is 244 g/mol. The van der Waals surface area contributed by atoms with E-state index in [2.05, 4.69) is 6.92 Å². The van der Waals surface area contributed by atoms with E-state index in [4.69, 9.17) is 0 Å². The molecule has 3 nitrogen and oxygen atoms in total. The fourth-order valence-corrected chi connectivity index (χ4v) is 1.97. The highest BCUT2D eigenvalue weighted by molar-refractivity contribution is 5.41. The summed E-state index contributed by atoms with van der Waals surface area (Å²) in [6, 6.07) is 12.0. The quantitative estimate of drug-likeness (QED) is 0.727. The number of aromatic hydroxyl groups is 3. The van der Waals surface area contributed by atoms with Crippen molar-refractivity contribution in [3.63, 3.8) is 0 Å². The van der Waals surface area contributed by atoms with Crippen LogP contribution in [-0.4, -0.2) is 15.3 Å². The molecule has 3 heteroatoms. The third-order valence-electron chi connectivity index (χ3n) is 3.04. The van der Waals surface area contributed by atoms with Gasteiger partial charge in [0.2, 0.25) is 0 Å². The highest BCUT2D eigenvalue weighted by atomic mass is 16.3. The third kappa shape index (κ3) is 2.74. The van der Waals surface area contributed by atoms with Crippen molar-refractivity contribution in [1.29, 1.82) is 0 Å². The van der Waals surface area contributed by atoms with E-state index in [0.29, 0.717) is 0 Å². The van der Waals surface area contributed by atoms with E-state index in [-0.39, 0.29) is 23.2 Å². The third-order valence-corrected chi connectivity index (χ3v) is 3.04. The zero-order chi connectivity index (χ0) is 13.1. The van der Waals surface area contributed by atoms with Gasteiger partial charge in [0, 0.05) is 0 Å². The maximum atomic E-state index is 9.44. The Morgan fingerprint density at radius 1 is 0.889 bits per heavy atom. The molecule has 0 heterocycles. The summed E-state index contributed by atoms with van der Waals surface area (Å²) < 4.78 is 0. The molecule has 0 aliphatic rings. The minimum Gasteiger partial charge on any atom is -0.508 e. The highest BCUT2D eigenvalue weighted by Gasteiger charge is 2.08. The Morgan fingerprint density at radius 2 is 1.56 bits per heavy atom. The van der Waals surface area contributed by atoms with Crippen molar-refractivity contribution in [3.05, 3.63) is 53.6 Å². The van der Waals surface area contributed by atoms with Crippen molar-refractivity contribution < 1.29 is 15.3 Å². The lowest BCUT2D eigenvalue weighted by Crippen LogP contribution is -1.98. The standard InChI is InChI=1S/C15H16O3/c1-10(12-3-5-13(16)6-4-12)8-11-2-7-14(17)15(18)9-11/h2-7,9-10,16-18H,8H2,1H3. The molecule has 2 aromatic rings. The summed E-state index contributed by atoms with van der Waals surface area (Å²) in [5.74, 6) is 0.337. The summed E-state index contributed by atoms with van der Waals surface area (Å²) in [6.07, 6.45) is 0.763. The van der Waals surface area contributed by atoms with Crippen LogP contribution in [0.5, 0.6) is 17.2 Å². The summed E-state index contributed by atoms with van der Waals surface area (Å²) in [5, 5.41) is 27.9. The maximum absolute atomic E-state index is 9.44. The van der Waals surface area contributed by atoms with Crippen molar-refractivity contribution in [2.24, 2.45) is 0 Å². The highest BCUT2D eigenvalue weighted by Crippen LogP contribution is 2.28. The molecule has 0 amide bonds. The molecule has 0 radical (unpaired) electrons. The maximum Gasteiger partial charge on any atom is 0.157 e. The van der Waals surface area contributed by atoms with Crippen LogP contribution < -0.4 is 0 Å². The first-order chi connectivity index (χ1) is 8.56. The van der Waals surface area contributed by atoms with Crippen molar-refractivity contribution in [3.8, 4) is 17.2 Å². The van der Waals surface area contributed by atoms with Gasteiger partial charge in [-0.25, -0.2) is 0 Å². The molecule has 0 saturated carbocycles. The second kappa shape index (κ2) is 5.00. The van der Waals surface area contributed by atoms with Gasteiger partial charge in [-0.05, 0) is 47.7 Å². The Kier molecular flexibility index (Phi) is 3.42. The van der Waals surface area contributed by atoms with Gasteiger partial charge in [0.05, 0.1) is 0 Å². The second-order valence-electron chi connectivity index (χ2n) is 4.52. The van der Waals surface area contributed by atoms with Crippen LogP contribution >= 0.6 is 0 Å². The molecule has 18 heavy (non-hydrogen) atoms. The molecule has 0 fully saturated rings. The van der Waals surface area contributed by atoms with Gasteiger partial charge in [-0.1, -0.05) is 25.1 Å². The van der Waals surface area contributed by atoms with Gasteiger partial charge >= 0.3 is 0 Å². The van der Waals surface area contributed by atoms with Crippen molar-refractivity contribution in [1.82, 2.24) is 0 Å². The Balaban J connectivity index is 2.13. The normalized spacial score (nSPS) is 12.3. The molecule has 2 aromatic carbocycles. The Morgan fingerprint density at radius 3 is 2.17 bits per heavy atom. The molecule has 0 aromatic heterocycles. The summed E-state index contributed by atoms with van der Waals surface area (Å²) >= 11 is 0. The van der Waals surface area contributed by atoms with Crippen molar-refractivity contribution in [2.75, 3.05) is 0 Å². The van der Waals surface area contributed by atoms with Gasteiger partial charge in [0.1, 0.15) is 5.75 Å². The fraction of sp³-hybridized carbons (Fsp3) is 0.200. The van der Waals surface area contributed by atoms with Gasteiger partial charge < -0.3 is 15.3 Å². The van der Waals surface area contributed by atoms with Gasteiger partial charge in [-0.2, -0.15) is 0 Å². The van der Waals surface area contributed by atoms with E-state index in [1.165, 1.54) is 6.07 Å². The molecule has 2 rings (SSSR count). The minimum absolute atomic E-state index is 0.0922.